The lowest BCUT2D eigenvalue weighted by molar-refractivity contribution is -0.143. The van der Waals surface area contributed by atoms with Crippen molar-refractivity contribution in [1.82, 2.24) is 41.7 Å². The van der Waals surface area contributed by atoms with Crippen molar-refractivity contribution in [2.75, 3.05) is 13.1 Å². The van der Waals surface area contributed by atoms with Crippen LogP contribution in [0, 0.1) is 11.8 Å². The number of phenolic OH excluding ortho intramolecular Hbond substituents is 1. The Morgan fingerprint density at radius 1 is 0.585 bits per heavy atom. The van der Waals surface area contributed by atoms with Gasteiger partial charge in [0.25, 0.3) is 0 Å². The summed E-state index contributed by atoms with van der Waals surface area (Å²) in [7, 11) is 0. The van der Waals surface area contributed by atoms with Crippen molar-refractivity contribution in [2.24, 2.45) is 11.8 Å². The molecular formula is C47H66N8O10. The molecule has 0 aromatic heterocycles. The first-order valence-corrected chi connectivity index (χ1v) is 22.8. The largest absolute Gasteiger partial charge is 0.508 e. The summed E-state index contributed by atoms with van der Waals surface area (Å²) in [6, 6.07) is 5.21. The lowest BCUT2D eigenvalue weighted by Crippen LogP contribution is -2.62. The number of aromatic hydroxyl groups is 1. The van der Waals surface area contributed by atoms with E-state index in [0.717, 1.165) is 0 Å². The minimum Gasteiger partial charge on any atom is -0.508 e. The second kappa shape index (κ2) is 22.7. The Kier molecular flexibility index (Phi) is 17.5. The van der Waals surface area contributed by atoms with E-state index in [1.165, 1.54) is 35.8 Å². The van der Waals surface area contributed by atoms with Crippen molar-refractivity contribution < 1.29 is 48.6 Å². The second-order valence-corrected chi connectivity index (χ2v) is 18.1. The predicted octanol–water partition coefficient (Wildman–Crippen LogP) is 0.575. The van der Waals surface area contributed by atoms with Crippen LogP contribution in [0.25, 0.3) is 0 Å². The maximum Gasteiger partial charge on any atom is 0.246 e. The Balaban J connectivity index is 1.56. The molecule has 354 valence electrons. The first kappa shape index (κ1) is 50.0. The minimum atomic E-state index is -1.58. The van der Waals surface area contributed by atoms with E-state index < -0.39 is 108 Å². The molecule has 3 saturated heterocycles. The monoisotopic (exact) mass is 902 g/mol. The Bertz CT molecular complexity index is 2030. The molecule has 18 nitrogen and oxygen atoms in total. The zero-order chi connectivity index (χ0) is 47.5. The van der Waals surface area contributed by atoms with Gasteiger partial charge in [-0.25, -0.2) is 0 Å². The zero-order valence-electron chi connectivity index (χ0n) is 38.2. The number of nitrogens with one attached hydrogen (secondary N) is 6. The summed E-state index contributed by atoms with van der Waals surface area (Å²) in [6.07, 6.45) is 0.452. The van der Waals surface area contributed by atoms with Crippen LogP contribution in [0.2, 0.25) is 0 Å². The first-order valence-electron chi connectivity index (χ1n) is 22.8. The van der Waals surface area contributed by atoms with Crippen LogP contribution in [0.15, 0.2) is 54.6 Å². The highest BCUT2D eigenvalue weighted by molar-refractivity contribution is 5.99. The fourth-order valence-corrected chi connectivity index (χ4v) is 8.66. The third-order valence-electron chi connectivity index (χ3n) is 12.5. The number of hydrogen-bond donors (Lipinski definition) is 8. The van der Waals surface area contributed by atoms with Gasteiger partial charge in [-0.1, -0.05) is 76.6 Å². The van der Waals surface area contributed by atoms with Gasteiger partial charge in [0, 0.05) is 25.9 Å². The summed E-state index contributed by atoms with van der Waals surface area (Å²) < 4.78 is 0. The molecule has 0 bridgehead atoms. The Labute approximate surface area is 380 Å². The number of phenols is 1. The van der Waals surface area contributed by atoms with Crippen LogP contribution in [-0.2, 0) is 51.2 Å². The minimum absolute atomic E-state index is 0.0163. The van der Waals surface area contributed by atoms with Gasteiger partial charge < -0.3 is 51.9 Å². The molecule has 3 aliphatic rings. The molecule has 3 fully saturated rings. The SMILES string of the molecule is CC[C@H](C)[C@@H]1NC(=O)[C@H](CC(C)C)NC(=O)[C@@H]2CCCN2C(=O)[C@H](Cc2ccc(O)cc2)NC(=O)[C@H](Cc2ccccc2)NC(=O)[C@@H]([C@@H](C)O)NC(=O)[C@@H]2CCCN2C(=O)[C@H](C)NC1=O. The van der Waals surface area contributed by atoms with Gasteiger partial charge in [0.05, 0.1) is 6.10 Å². The number of aliphatic hydroxyl groups excluding tert-OH is 1. The summed E-state index contributed by atoms with van der Waals surface area (Å²) in [5.41, 5.74) is 1.21. The van der Waals surface area contributed by atoms with E-state index in [4.69, 9.17) is 0 Å². The van der Waals surface area contributed by atoms with Crippen LogP contribution in [0.1, 0.15) is 91.2 Å². The van der Waals surface area contributed by atoms with Gasteiger partial charge in [-0.05, 0) is 81.0 Å². The number of aliphatic hydroxyl groups is 1. The third kappa shape index (κ3) is 13.0. The van der Waals surface area contributed by atoms with Gasteiger partial charge in [0.1, 0.15) is 54.1 Å². The lowest BCUT2D eigenvalue weighted by Gasteiger charge is -2.33. The van der Waals surface area contributed by atoms with E-state index >= 15 is 0 Å². The average molecular weight is 903 g/mol. The van der Waals surface area contributed by atoms with Crippen LogP contribution in [-0.4, -0.2) is 135 Å². The van der Waals surface area contributed by atoms with Gasteiger partial charge in [-0.15, -0.1) is 0 Å². The van der Waals surface area contributed by atoms with Gasteiger partial charge >= 0.3 is 0 Å². The summed E-state index contributed by atoms with van der Waals surface area (Å²) in [5, 5.41) is 37.4. The highest BCUT2D eigenvalue weighted by Gasteiger charge is 2.43. The van der Waals surface area contributed by atoms with E-state index in [9.17, 15) is 48.6 Å². The molecule has 10 atom stereocenters. The normalized spacial score (nSPS) is 27.9. The second-order valence-electron chi connectivity index (χ2n) is 18.1. The third-order valence-corrected chi connectivity index (χ3v) is 12.5. The topological polar surface area (TPSA) is 256 Å². The van der Waals surface area contributed by atoms with Crippen LogP contribution in [0.4, 0.5) is 0 Å². The van der Waals surface area contributed by atoms with Crippen molar-refractivity contribution >= 4 is 47.3 Å². The molecule has 2 aromatic rings. The Morgan fingerprint density at radius 2 is 1.08 bits per heavy atom. The molecule has 18 heteroatoms. The van der Waals surface area contributed by atoms with Crippen molar-refractivity contribution in [3.8, 4) is 5.75 Å². The van der Waals surface area contributed by atoms with E-state index in [1.807, 2.05) is 20.8 Å². The number of carbonyl (C=O) groups is 8. The fraction of sp³-hybridized carbons (Fsp3) is 0.574. The van der Waals surface area contributed by atoms with Crippen LogP contribution in [0.3, 0.4) is 0 Å². The zero-order valence-corrected chi connectivity index (χ0v) is 38.2. The lowest BCUT2D eigenvalue weighted by atomic mass is 9.96. The molecule has 5 rings (SSSR count). The number of carbonyl (C=O) groups excluding carboxylic acids is 8. The molecule has 0 saturated carbocycles. The number of amides is 8. The first-order chi connectivity index (χ1) is 30.9. The number of fused-ring (bicyclic) bond motifs is 2. The fourth-order valence-electron chi connectivity index (χ4n) is 8.66. The molecule has 0 aliphatic carbocycles. The molecule has 3 aliphatic heterocycles. The van der Waals surface area contributed by atoms with Crippen LogP contribution >= 0.6 is 0 Å². The molecule has 8 amide bonds. The predicted molar refractivity (Wildman–Crippen MR) is 239 cm³/mol. The van der Waals surface area contributed by atoms with Crippen LogP contribution in [0.5, 0.6) is 5.75 Å². The molecule has 0 unspecified atom stereocenters. The summed E-state index contributed by atoms with van der Waals surface area (Å²) in [5.74, 6) is -5.91. The molecule has 8 N–H and O–H groups in total. The smallest absolute Gasteiger partial charge is 0.246 e. The van der Waals surface area contributed by atoms with Gasteiger partial charge in [-0.2, -0.15) is 0 Å². The maximum atomic E-state index is 14.7. The van der Waals surface area contributed by atoms with E-state index in [0.29, 0.717) is 30.4 Å². The van der Waals surface area contributed by atoms with Crippen molar-refractivity contribution in [3.05, 3.63) is 65.7 Å². The van der Waals surface area contributed by atoms with Crippen molar-refractivity contribution in [2.45, 2.75) is 147 Å². The number of rotatable bonds is 9. The summed E-state index contributed by atoms with van der Waals surface area (Å²) in [4.78, 5) is 116. The van der Waals surface area contributed by atoms with Gasteiger partial charge in [0.15, 0.2) is 0 Å². The molecule has 2 aromatic carbocycles. The van der Waals surface area contributed by atoms with E-state index in [2.05, 4.69) is 31.9 Å². The summed E-state index contributed by atoms with van der Waals surface area (Å²) in [6.45, 7) is 10.5. The number of nitrogens with zero attached hydrogens (tertiary/aromatic N) is 2. The van der Waals surface area contributed by atoms with Crippen molar-refractivity contribution in [1.29, 1.82) is 0 Å². The Morgan fingerprint density at radius 3 is 1.66 bits per heavy atom. The van der Waals surface area contributed by atoms with E-state index in [-0.39, 0.29) is 56.9 Å². The molecule has 0 spiro atoms. The standard InChI is InChI=1S/C47H66N8O10/c1-7-27(4)38-44(62)48-28(5)46(64)54-21-11-16-37(54)43(61)53-39(29(6)56)45(63)50-34(24-30-13-9-8-10-14-30)40(58)51-35(25-31-17-19-32(57)20-18-31)47(65)55-22-12-15-36(55)42(60)49-33(23-26(2)3)41(59)52-38/h8-10,13-14,17-20,26-29,33-39,56-57H,7,11-12,15-16,21-25H2,1-6H3,(H,48,62)(H,49,60)(H,50,63)(H,51,58)(H,52,59)(H,53,61)/t27-,28-,29+,33-,34-,35-,36-,37-,38-,39+/m0/s1. The molecule has 0 radical (unpaired) electrons. The van der Waals surface area contributed by atoms with Crippen LogP contribution < -0.4 is 31.9 Å². The van der Waals surface area contributed by atoms with Gasteiger partial charge in [0.2, 0.25) is 47.3 Å². The highest BCUT2D eigenvalue weighted by Crippen LogP contribution is 2.23. The average Bonchev–Trinajstić information content (AvgIpc) is 3.97. The summed E-state index contributed by atoms with van der Waals surface area (Å²) >= 11 is 0. The number of hydrogen-bond acceptors (Lipinski definition) is 10. The highest BCUT2D eigenvalue weighted by atomic mass is 16.3. The quantitative estimate of drug-likeness (QED) is 0.174. The van der Waals surface area contributed by atoms with E-state index in [1.54, 1.807) is 49.4 Å². The van der Waals surface area contributed by atoms with Gasteiger partial charge in [-0.3, -0.25) is 38.4 Å². The molecular weight excluding hydrogens is 837 g/mol. The van der Waals surface area contributed by atoms with Crippen molar-refractivity contribution in [3.63, 3.8) is 0 Å². The Hall–Kier alpha value is -6.04. The molecule has 65 heavy (non-hydrogen) atoms. The number of benzene rings is 2. The molecule has 3 heterocycles. The maximum absolute atomic E-state index is 14.7.